The first-order valence-corrected chi connectivity index (χ1v) is 9.28. The molecule has 4 nitrogen and oxygen atoms in total. The maximum absolute atomic E-state index is 12.6. The van der Waals surface area contributed by atoms with Gasteiger partial charge in [-0.2, -0.15) is 11.3 Å². The molecule has 0 spiro atoms. The van der Waals surface area contributed by atoms with Crippen LogP contribution in [0, 0.1) is 6.92 Å². The van der Waals surface area contributed by atoms with E-state index in [4.69, 9.17) is 4.74 Å². The first-order valence-electron chi connectivity index (χ1n) is 7.45. The number of carbonyl (C=O) groups excluding carboxylic acids is 1. The van der Waals surface area contributed by atoms with E-state index in [1.165, 1.54) is 11.3 Å². The number of thiophene rings is 1. The predicted octanol–water partition coefficient (Wildman–Crippen LogP) is 4.46. The van der Waals surface area contributed by atoms with Crippen molar-refractivity contribution in [3.05, 3.63) is 57.2 Å². The lowest BCUT2D eigenvalue weighted by atomic mass is 10.1. The van der Waals surface area contributed by atoms with Gasteiger partial charge >= 0.3 is 0 Å². The zero-order chi connectivity index (χ0) is 17.1. The van der Waals surface area contributed by atoms with Gasteiger partial charge in [0.15, 0.2) is 0 Å². The Morgan fingerprint density at radius 1 is 1.29 bits per heavy atom. The molecule has 3 rings (SSSR count). The first kappa shape index (κ1) is 16.7. The van der Waals surface area contributed by atoms with Crippen molar-refractivity contribution in [3.63, 3.8) is 0 Å². The maximum atomic E-state index is 12.6. The number of hydrogen-bond acceptors (Lipinski definition) is 5. The molecular weight excluding hydrogens is 340 g/mol. The van der Waals surface area contributed by atoms with Gasteiger partial charge < -0.3 is 9.64 Å². The second-order valence-electron chi connectivity index (χ2n) is 5.53. The van der Waals surface area contributed by atoms with Crippen molar-refractivity contribution in [1.29, 1.82) is 0 Å². The van der Waals surface area contributed by atoms with E-state index in [1.54, 1.807) is 30.4 Å². The van der Waals surface area contributed by atoms with Crippen LogP contribution in [0.4, 0.5) is 0 Å². The predicted molar refractivity (Wildman–Crippen MR) is 99.0 cm³/mol. The van der Waals surface area contributed by atoms with E-state index in [2.05, 4.69) is 4.98 Å². The van der Waals surface area contributed by atoms with Crippen LogP contribution in [0.25, 0.3) is 10.6 Å². The molecule has 24 heavy (non-hydrogen) atoms. The Balaban J connectivity index is 1.77. The van der Waals surface area contributed by atoms with E-state index in [9.17, 15) is 4.79 Å². The van der Waals surface area contributed by atoms with E-state index >= 15 is 0 Å². The highest BCUT2D eigenvalue weighted by Crippen LogP contribution is 2.27. The van der Waals surface area contributed by atoms with E-state index in [0.717, 1.165) is 27.4 Å². The molecule has 124 valence electrons. The molecule has 0 aliphatic rings. The largest absolute Gasteiger partial charge is 0.496 e. The number of benzene rings is 1. The number of thiazole rings is 1. The number of rotatable bonds is 5. The number of methoxy groups -OCH3 is 1. The second kappa shape index (κ2) is 7.15. The maximum Gasteiger partial charge on any atom is 0.273 e. The quantitative estimate of drug-likeness (QED) is 0.676. The molecule has 6 heteroatoms. The smallest absolute Gasteiger partial charge is 0.273 e. The van der Waals surface area contributed by atoms with Crippen LogP contribution in [0.2, 0.25) is 0 Å². The summed E-state index contributed by atoms with van der Waals surface area (Å²) in [5.41, 5.74) is 3.67. The molecule has 1 aromatic carbocycles. The lowest BCUT2D eigenvalue weighted by Crippen LogP contribution is -2.26. The molecule has 2 heterocycles. The third-order valence-electron chi connectivity index (χ3n) is 3.68. The minimum Gasteiger partial charge on any atom is -0.496 e. The van der Waals surface area contributed by atoms with Crippen LogP contribution < -0.4 is 4.74 Å². The van der Waals surface area contributed by atoms with E-state index in [1.807, 2.05) is 47.3 Å². The van der Waals surface area contributed by atoms with Crippen LogP contribution in [0.1, 0.15) is 21.6 Å². The lowest BCUT2D eigenvalue weighted by molar-refractivity contribution is 0.0779. The fourth-order valence-electron chi connectivity index (χ4n) is 2.44. The number of hydrogen-bond donors (Lipinski definition) is 0. The lowest BCUT2D eigenvalue weighted by Gasteiger charge is -2.18. The average molecular weight is 358 g/mol. The van der Waals surface area contributed by atoms with Gasteiger partial charge in [0.1, 0.15) is 16.5 Å². The zero-order valence-corrected chi connectivity index (χ0v) is 15.4. The Kier molecular flexibility index (Phi) is 4.97. The van der Waals surface area contributed by atoms with Crippen LogP contribution >= 0.6 is 22.7 Å². The third kappa shape index (κ3) is 3.49. The summed E-state index contributed by atoms with van der Waals surface area (Å²) < 4.78 is 5.39. The summed E-state index contributed by atoms with van der Waals surface area (Å²) in [4.78, 5) is 18.8. The first-order chi connectivity index (χ1) is 11.6. The Morgan fingerprint density at radius 3 is 2.83 bits per heavy atom. The fraction of sp³-hybridized carbons (Fsp3) is 0.222. The summed E-state index contributed by atoms with van der Waals surface area (Å²) in [6.45, 7) is 2.51. The van der Waals surface area contributed by atoms with Crippen molar-refractivity contribution >= 4 is 28.6 Å². The summed E-state index contributed by atoms with van der Waals surface area (Å²) in [5, 5.41) is 6.74. The molecular formula is C18H18N2O2S2. The molecule has 0 fully saturated rings. The van der Waals surface area contributed by atoms with Crippen molar-refractivity contribution in [3.8, 4) is 16.3 Å². The molecule has 0 N–H and O–H groups in total. The molecule has 0 saturated heterocycles. The number of aryl methyl sites for hydroxylation is 1. The van der Waals surface area contributed by atoms with Gasteiger partial charge in [0.2, 0.25) is 0 Å². The molecule has 0 aliphatic carbocycles. The molecule has 0 bridgehead atoms. The summed E-state index contributed by atoms with van der Waals surface area (Å²) in [7, 11) is 3.43. The molecule has 0 atom stereocenters. The standard InChI is InChI=1S/C18H18N2O2S2/c1-12-4-5-16(22-3)14(8-12)9-20(2)18(21)15-11-24-17(19-15)13-6-7-23-10-13/h4-8,10-11H,9H2,1-3H3. The Hall–Kier alpha value is -2.18. The summed E-state index contributed by atoms with van der Waals surface area (Å²) >= 11 is 3.12. The molecule has 3 aromatic rings. The fourth-order valence-corrected chi connectivity index (χ4v) is 3.95. The van der Waals surface area contributed by atoms with Gasteiger partial charge in [-0.15, -0.1) is 11.3 Å². The Labute approximate surface area is 149 Å². The normalized spacial score (nSPS) is 10.6. The SMILES string of the molecule is COc1ccc(C)cc1CN(C)C(=O)c1csc(-c2ccsc2)n1. The molecule has 0 radical (unpaired) electrons. The number of aromatic nitrogens is 1. The average Bonchev–Trinajstić information content (AvgIpc) is 3.25. The van der Waals surface area contributed by atoms with Crippen molar-refractivity contribution in [2.75, 3.05) is 14.2 Å². The minimum absolute atomic E-state index is 0.0868. The van der Waals surface area contributed by atoms with Crippen LogP contribution in [-0.4, -0.2) is 29.9 Å². The van der Waals surface area contributed by atoms with Crippen molar-refractivity contribution in [1.82, 2.24) is 9.88 Å². The van der Waals surface area contributed by atoms with Crippen LogP contribution in [0.15, 0.2) is 40.4 Å². The van der Waals surface area contributed by atoms with Crippen molar-refractivity contribution < 1.29 is 9.53 Å². The van der Waals surface area contributed by atoms with Gasteiger partial charge in [-0.1, -0.05) is 17.7 Å². The summed E-state index contributed by atoms with van der Waals surface area (Å²) in [6.07, 6.45) is 0. The van der Waals surface area contributed by atoms with Gasteiger partial charge in [-0.3, -0.25) is 4.79 Å². The molecule has 1 amide bonds. The minimum atomic E-state index is -0.0868. The number of ether oxygens (including phenoxy) is 1. The third-order valence-corrected chi connectivity index (χ3v) is 5.26. The van der Waals surface area contributed by atoms with Gasteiger partial charge in [-0.25, -0.2) is 4.98 Å². The zero-order valence-electron chi connectivity index (χ0n) is 13.8. The molecule has 2 aromatic heterocycles. The van der Waals surface area contributed by atoms with Crippen molar-refractivity contribution in [2.24, 2.45) is 0 Å². The number of amides is 1. The van der Waals surface area contributed by atoms with Gasteiger partial charge in [0.05, 0.1) is 7.11 Å². The highest BCUT2D eigenvalue weighted by atomic mass is 32.1. The number of nitrogens with zero attached hydrogens (tertiary/aromatic N) is 2. The summed E-state index contributed by atoms with van der Waals surface area (Å²) in [5.74, 6) is 0.703. The summed E-state index contributed by atoms with van der Waals surface area (Å²) in [6, 6.07) is 7.98. The van der Waals surface area contributed by atoms with Crippen LogP contribution in [-0.2, 0) is 6.54 Å². The van der Waals surface area contributed by atoms with Crippen LogP contribution in [0.3, 0.4) is 0 Å². The van der Waals surface area contributed by atoms with E-state index in [-0.39, 0.29) is 5.91 Å². The molecule has 0 aliphatic heterocycles. The van der Waals surface area contributed by atoms with E-state index < -0.39 is 0 Å². The topological polar surface area (TPSA) is 42.4 Å². The van der Waals surface area contributed by atoms with Crippen LogP contribution in [0.5, 0.6) is 5.75 Å². The Bertz CT molecular complexity index is 841. The second-order valence-corrected chi connectivity index (χ2v) is 7.16. The molecule has 0 saturated carbocycles. The monoisotopic (exact) mass is 358 g/mol. The van der Waals surface area contributed by atoms with Gasteiger partial charge in [0.25, 0.3) is 5.91 Å². The van der Waals surface area contributed by atoms with Crippen molar-refractivity contribution in [2.45, 2.75) is 13.5 Å². The molecule has 0 unspecified atom stereocenters. The van der Waals surface area contributed by atoms with Gasteiger partial charge in [0, 0.05) is 35.5 Å². The highest BCUT2D eigenvalue weighted by molar-refractivity contribution is 7.14. The number of carbonyl (C=O) groups is 1. The van der Waals surface area contributed by atoms with Gasteiger partial charge in [-0.05, 0) is 24.4 Å². The highest BCUT2D eigenvalue weighted by Gasteiger charge is 2.18. The van der Waals surface area contributed by atoms with E-state index in [0.29, 0.717) is 12.2 Å². The Morgan fingerprint density at radius 2 is 2.12 bits per heavy atom.